The Morgan fingerprint density at radius 2 is 1.78 bits per heavy atom. The molecule has 23 heavy (non-hydrogen) atoms. The average Bonchev–Trinajstić information content (AvgIpc) is 3.32. The molecule has 1 aliphatic heterocycles. The van der Waals surface area contributed by atoms with Gasteiger partial charge in [0.1, 0.15) is 30.2 Å². The van der Waals surface area contributed by atoms with Crippen LogP contribution in [0.5, 0.6) is 0 Å². The van der Waals surface area contributed by atoms with E-state index in [0.717, 1.165) is 32.7 Å². The van der Waals surface area contributed by atoms with Gasteiger partial charge in [0.2, 0.25) is 0 Å². The highest BCUT2D eigenvalue weighted by molar-refractivity contribution is 6.04. The minimum atomic E-state index is -0.943. The lowest BCUT2D eigenvalue weighted by Crippen LogP contribution is -2.29. The van der Waals surface area contributed by atoms with Gasteiger partial charge >= 0.3 is 0 Å². The van der Waals surface area contributed by atoms with Crippen molar-refractivity contribution in [3.05, 3.63) is 58.9 Å². The number of halogens is 1. The van der Waals surface area contributed by atoms with Crippen molar-refractivity contribution < 1.29 is 19.3 Å². The lowest BCUT2D eigenvalue weighted by Gasteiger charge is -2.25. The van der Waals surface area contributed by atoms with Gasteiger partial charge in [0.15, 0.2) is 0 Å². The van der Waals surface area contributed by atoms with Crippen molar-refractivity contribution >= 4 is 21.5 Å². The van der Waals surface area contributed by atoms with Gasteiger partial charge in [0.25, 0.3) is 0 Å². The number of aliphatic hydroxyl groups excluding tert-OH is 2. The van der Waals surface area contributed by atoms with Crippen LogP contribution in [0, 0.1) is 12.7 Å². The third kappa shape index (κ3) is 1.68. The second kappa shape index (κ2) is 4.29. The van der Waals surface area contributed by atoms with Crippen LogP contribution in [-0.4, -0.2) is 22.4 Å². The molecule has 0 aromatic heterocycles. The number of rotatable bonds is 0. The summed E-state index contributed by atoms with van der Waals surface area (Å²) in [5, 5.41) is 24.3. The van der Waals surface area contributed by atoms with Crippen LogP contribution in [0.15, 0.2) is 36.4 Å². The Morgan fingerprint density at radius 3 is 2.61 bits per heavy atom. The summed E-state index contributed by atoms with van der Waals surface area (Å²) in [7, 11) is 0. The predicted molar refractivity (Wildman–Crippen MR) is 84.7 cm³/mol. The first kappa shape index (κ1) is 13.4. The molecule has 3 nitrogen and oxygen atoms in total. The molecule has 4 heteroatoms. The van der Waals surface area contributed by atoms with Crippen LogP contribution in [0.3, 0.4) is 0 Å². The first-order chi connectivity index (χ1) is 11.1. The molecule has 4 atom stereocenters. The Bertz CT molecular complexity index is 981. The number of aryl methyl sites for hydroxylation is 1. The monoisotopic (exact) mass is 310 g/mol. The van der Waals surface area contributed by atoms with Gasteiger partial charge in [0.05, 0.1) is 0 Å². The molecule has 3 aromatic rings. The smallest absolute Gasteiger partial charge is 0.123 e. The molecule has 0 radical (unpaired) electrons. The highest BCUT2D eigenvalue weighted by atomic mass is 19.1. The SMILES string of the molecule is Cc1c2ccc(F)cc2cc2c3c(ccc12)C(O)C(O)C1OC31. The van der Waals surface area contributed by atoms with Crippen LogP contribution in [0.1, 0.15) is 28.9 Å². The van der Waals surface area contributed by atoms with Crippen LogP contribution >= 0.6 is 0 Å². The maximum absolute atomic E-state index is 13.6. The zero-order chi connectivity index (χ0) is 15.9. The third-order valence-corrected chi connectivity index (χ3v) is 5.23. The van der Waals surface area contributed by atoms with E-state index in [9.17, 15) is 14.6 Å². The summed E-state index contributed by atoms with van der Waals surface area (Å²) in [4.78, 5) is 0. The standard InChI is InChI=1S/C19H15FO3/c1-8-11-3-2-10(20)6-9(11)7-14-12(8)4-5-13-15(14)18-19(23-18)17(22)16(13)21/h2-7,16-19,21-22H,1H3. The molecule has 1 fully saturated rings. The lowest BCUT2D eigenvalue weighted by atomic mass is 9.83. The molecule has 2 N–H and O–H groups in total. The number of hydrogen-bond acceptors (Lipinski definition) is 3. The second-order valence-electron chi connectivity index (χ2n) is 6.49. The van der Waals surface area contributed by atoms with Gasteiger partial charge in [-0.3, -0.25) is 0 Å². The number of ether oxygens (including phenoxy) is 1. The fourth-order valence-electron chi connectivity index (χ4n) is 3.99. The molecule has 0 saturated carbocycles. The van der Waals surface area contributed by atoms with Crippen molar-refractivity contribution in [2.45, 2.75) is 31.3 Å². The second-order valence-corrected chi connectivity index (χ2v) is 6.49. The van der Waals surface area contributed by atoms with E-state index < -0.39 is 12.2 Å². The normalized spacial score (nSPS) is 28.7. The molecule has 3 aromatic carbocycles. The Morgan fingerprint density at radius 1 is 1.00 bits per heavy atom. The summed E-state index contributed by atoms with van der Waals surface area (Å²) >= 11 is 0. The van der Waals surface area contributed by atoms with E-state index in [4.69, 9.17) is 4.74 Å². The fourth-order valence-corrected chi connectivity index (χ4v) is 3.99. The zero-order valence-corrected chi connectivity index (χ0v) is 12.5. The first-order valence-electron chi connectivity index (χ1n) is 7.73. The number of hydrogen-bond donors (Lipinski definition) is 2. The van der Waals surface area contributed by atoms with Crippen molar-refractivity contribution in [1.82, 2.24) is 0 Å². The van der Waals surface area contributed by atoms with E-state index >= 15 is 0 Å². The average molecular weight is 310 g/mol. The zero-order valence-electron chi connectivity index (χ0n) is 12.5. The lowest BCUT2D eigenvalue weighted by molar-refractivity contribution is 0.000105. The Labute approximate surface area is 131 Å². The van der Waals surface area contributed by atoms with Crippen molar-refractivity contribution in [1.29, 1.82) is 0 Å². The minimum absolute atomic E-state index is 0.183. The molecule has 1 saturated heterocycles. The third-order valence-electron chi connectivity index (χ3n) is 5.23. The summed E-state index contributed by atoms with van der Waals surface area (Å²) in [5.41, 5.74) is 2.72. The number of aliphatic hydroxyl groups is 2. The maximum Gasteiger partial charge on any atom is 0.123 e. The van der Waals surface area contributed by atoms with Gasteiger partial charge in [-0.25, -0.2) is 4.39 Å². The highest BCUT2D eigenvalue weighted by Gasteiger charge is 2.54. The van der Waals surface area contributed by atoms with E-state index in [0.29, 0.717) is 5.56 Å². The van der Waals surface area contributed by atoms with Gasteiger partial charge in [-0.15, -0.1) is 0 Å². The van der Waals surface area contributed by atoms with E-state index in [-0.39, 0.29) is 18.0 Å². The van der Waals surface area contributed by atoms with Crippen molar-refractivity contribution in [3.63, 3.8) is 0 Å². The molecule has 5 rings (SSSR count). The number of benzene rings is 3. The Hall–Kier alpha value is -2.01. The number of fused-ring (bicyclic) bond motifs is 6. The number of epoxide rings is 1. The summed E-state index contributed by atoms with van der Waals surface area (Å²) in [6, 6.07) is 10.6. The van der Waals surface area contributed by atoms with Crippen LogP contribution in [-0.2, 0) is 4.74 Å². The maximum atomic E-state index is 13.6. The summed E-state index contributed by atoms with van der Waals surface area (Å²) in [5.74, 6) is -0.267. The first-order valence-corrected chi connectivity index (χ1v) is 7.73. The van der Waals surface area contributed by atoms with E-state index in [2.05, 4.69) is 0 Å². The van der Waals surface area contributed by atoms with Crippen molar-refractivity contribution in [2.24, 2.45) is 0 Å². The van der Waals surface area contributed by atoms with Crippen LogP contribution in [0.25, 0.3) is 21.5 Å². The Kier molecular flexibility index (Phi) is 2.51. The molecule has 1 heterocycles. The van der Waals surface area contributed by atoms with Gasteiger partial charge < -0.3 is 14.9 Å². The molecule has 1 aliphatic carbocycles. The van der Waals surface area contributed by atoms with Crippen LogP contribution in [0.4, 0.5) is 4.39 Å². The molecule has 2 aliphatic rings. The largest absolute Gasteiger partial charge is 0.387 e. The van der Waals surface area contributed by atoms with Crippen LogP contribution < -0.4 is 0 Å². The van der Waals surface area contributed by atoms with E-state index in [1.54, 1.807) is 6.07 Å². The molecule has 0 spiro atoms. The van der Waals surface area contributed by atoms with Crippen molar-refractivity contribution in [3.8, 4) is 0 Å². The predicted octanol–water partition coefficient (Wildman–Crippen LogP) is 3.29. The molecule has 4 unspecified atom stereocenters. The van der Waals surface area contributed by atoms with Gasteiger partial charge in [-0.1, -0.05) is 18.2 Å². The molecular formula is C19H15FO3. The molecule has 0 bridgehead atoms. The van der Waals surface area contributed by atoms with Gasteiger partial charge in [-0.05, 0) is 63.4 Å². The van der Waals surface area contributed by atoms with E-state index in [1.807, 2.05) is 25.1 Å². The molecule has 0 amide bonds. The quantitative estimate of drug-likeness (QED) is 0.495. The van der Waals surface area contributed by atoms with Crippen molar-refractivity contribution in [2.75, 3.05) is 0 Å². The fraction of sp³-hybridized carbons (Fsp3) is 0.263. The Balaban J connectivity index is 1.90. The van der Waals surface area contributed by atoms with Crippen LogP contribution in [0.2, 0.25) is 0 Å². The van der Waals surface area contributed by atoms with Gasteiger partial charge in [0, 0.05) is 0 Å². The summed E-state index contributed by atoms with van der Waals surface area (Å²) in [6.45, 7) is 2.02. The topological polar surface area (TPSA) is 53.0 Å². The van der Waals surface area contributed by atoms with E-state index in [1.165, 1.54) is 12.1 Å². The molecule has 116 valence electrons. The molecular weight excluding hydrogens is 295 g/mol. The minimum Gasteiger partial charge on any atom is -0.387 e. The summed E-state index contributed by atoms with van der Waals surface area (Å²) < 4.78 is 19.2. The highest BCUT2D eigenvalue weighted by Crippen LogP contribution is 2.53. The summed E-state index contributed by atoms with van der Waals surface area (Å²) in [6.07, 6.45) is -2.35. The van der Waals surface area contributed by atoms with Gasteiger partial charge in [-0.2, -0.15) is 0 Å².